The Morgan fingerprint density at radius 1 is 1.31 bits per heavy atom. The van der Waals surface area contributed by atoms with E-state index in [1.807, 2.05) is 0 Å². The maximum atomic E-state index is 11.2. The van der Waals surface area contributed by atoms with E-state index in [1.54, 1.807) is 30.3 Å². The molecule has 0 radical (unpaired) electrons. The number of aliphatic carboxylic acids is 1. The Bertz CT molecular complexity index is 1040. The zero-order chi connectivity index (χ0) is 19.0. The molecule has 9 heteroatoms. The summed E-state index contributed by atoms with van der Waals surface area (Å²) in [5, 5.41) is 20.4. The molecular formula is C17H13Cl2NO4S2. The molecule has 1 unspecified atom stereocenters. The van der Waals surface area contributed by atoms with Crippen LogP contribution in [0.4, 0.5) is 0 Å². The summed E-state index contributed by atoms with van der Waals surface area (Å²) >= 11 is 18.3. The van der Waals surface area contributed by atoms with Crippen LogP contribution in [0.5, 0.6) is 5.88 Å². The summed E-state index contributed by atoms with van der Waals surface area (Å²) in [6, 6.07) is 7.82. The Morgan fingerprint density at radius 3 is 2.69 bits per heavy atom. The lowest BCUT2D eigenvalue weighted by atomic mass is 10.2. The number of halogens is 2. The number of hydrogen-bond acceptors (Lipinski definition) is 5. The first-order chi connectivity index (χ1) is 12.3. The van der Waals surface area contributed by atoms with Gasteiger partial charge in [-0.05, 0) is 49.5 Å². The van der Waals surface area contributed by atoms with Crippen LogP contribution in [0.25, 0.3) is 11.3 Å². The average molecular weight is 430 g/mol. The topological polar surface area (TPSA) is 75.6 Å². The number of furan rings is 1. The van der Waals surface area contributed by atoms with E-state index < -0.39 is 12.0 Å². The first kappa shape index (κ1) is 19.0. The van der Waals surface area contributed by atoms with E-state index in [2.05, 4.69) is 0 Å². The third kappa shape index (κ3) is 3.66. The average Bonchev–Trinajstić information content (AvgIpc) is 3.15. The van der Waals surface area contributed by atoms with Gasteiger partial charge in [-0.1, -0.05) is 23.2 Å². The fourth-order valence-electron chi connectivity index (χ4n) is 2.42. The van der Waals surface area contributed by atoms with Gasteiger partial charge in [0.1, 0.15) is 17.6 Å². The van der Waals surface area contributed by atoms with Crippen molar-refractivity contribution in [2.24, 2.45) is 0 Å². The van der Waals surface area contributed by atoms with Gasteiger partial charge >= 0.3 is 5.97 Å². The second-order valence-corrected chi connectivity index (χ2v) is 8.11. The predicted octanol–water partition coefficient (Wildman–Crippen LogP) is 5.79. The normalized spacial score (nSPS) is 12.3. The zero-order valence-electron chi connectivity index (χ0n) is 13.4. The molecule has 5 nitrogen and oxygen atoms in total. The molecule has 0 spiro atoms. The predicted molar refractivity (Wildman–Crippen MR) is 104 cm³/mol. The van der Waals surface area contributed by atoms with Crippen molar-refractivity contribution in [1.82, 2.24) is 4.57 Å². The molecule has 26 heavy (non-hydrogen) atoms. The molecule has 0 aliphatic carbocycles. The van der Waals surface area contributed by atoms with Crippen molar-refractivity contribution in [3.05, 3.63) is 55.0 Å². The number of aromatic nitrogens is 1. The second kappa shape index (κ2) is 7.44. The number of carbonyl (C=O) groups is 1. The number of rotatable bonds is 5. The summed E-state index contributed by atoms with van der Waals surface area (Å²) in [5.74, 6) is -0.00391. The number of carboxylic acids is 1. The van der Waals surface area contributed by atoms with Gasteiger partial charge in [0.15, 0.2) is 3.95 Å². The number of carboxylic acid groups (broad SMARTS) is 1. The molecule has 2 N–H and O–H groups in total. The summed E-state index contributed by atoms with van der Waals surface area (Å²) in [7, 11) is 0. The van der Waals surface area contributed by atoms with E-state index in [4.69, 9.17) is 44.9 Å². The highest BCUT2D eigenvalue weighted by atomic mass is 35.5. The van der Waals surface area contributed by atoms with Gasteiger partial charge in [-0.2, -0.15) is 0 Å². The van der Waals surface area contributed by atoms with Crippen LogP contribution in [-0.4, -0.2) is 20.7 Å². The molecule has 0 aliphatic heterocycles. The van der Waals surface area contributed by atoms with Crippen LogP contribution in [0.3, 0.4) is 0 Å². The minimum atomic E-state index is -1.07. The van der Waals surface area contributed by atoms with E-state index in [0.717, 1.165) is 16.9 Å². The maximum absolute atomic E-state index is 11.2. The zero-order valence-corrected chi connectivity index (χ0v) is 16.5. The number of thiazole rings is 1. The summed E-state index contributed by atoms with van der Waals surface area (Å²) in [5.41, 5.74) is 0.777. The molecule has 3 rings (SSSR count). The van der Waals surface area contributed by atoms with Gasteiger partial charge in [0.2, 0.25) is 5.88 Å². The Kier molecular flexibility index (Phi) is 5.43. The standard InChI is InChI=1S/C17H13Cl2NO4S2/c1-8(16(22)23)20-15(21)14(26-17(20)25)7-10-3-5-13(24-10)9-2-4-11(18)12(19)6-9/h2-6,8,21H,7H2,1H3,(H,22,23). The molecule has 1 aromatic carbocycles. The summed E-state index contributed by atoms with van der Waals surface area (Å²) < 4.78 is 7.33. The highest BCUT2D eigenvalue weighted by Crippen LogP contribution is 2.34. The van der Waals surface area contributed by atoms with Gasteiger partial charge in [0.05, 0.1) is 14.9 Å². The van der Waals surface area contributed by atoms with Crippen LogP contribution >= 0.6 is 46.8 Å². The van der Waals surface area contributed by atoms with E-state index in [0.29, 0.717) is 36.8 Å². The third-order valence-corrected chi connectivity index (χ3v) is 5.96. The van der Waals surface area contributed by atoms with Crippen LogP contribution in [0.15, 0.2) is 34.7 Å². The second-order valence-electron chi connectivity index (χ2n) is 5.57. The number of hydrogen-bond donors (Lipinski definition) is 2. The lowest BCUT2D eigenvalue weighted by Gasteiger charge is -2.09. The molecule has 3 aromatic rings. The molecule has 0 aliphatic rings. The van der Waals surface area contributed by atoms with Crippen LogP contribution in [0.1, 0.15) is 23.6 Å². The van der Waals surface area contributed by atoms with Gasteiger partial charge in [-0.15, -0.1) is 11.3 Å². The van der Waals surface area contributed by atoms with Gasteiger partial charge < -0.3 is 14.6 Å². The first-order valence-corrected chi connectivity index (χ1v) is 9.46. The molecule has 2 aromatic heterocycles. The lowest BCUT2D eigenvalue weighted by molar-refractivity contribution is -0.140. The molecule has 2 heterocycles. The smallest absolute Gasteiger partial charge is 0.326 e. The van der Waals surface area contributed by atoms with Crippen LogP contribution in [-0.2, 0) is 11.2 Å². The van der Waals surface area contributed by atoms with Crippen molar-refractivity contribution in [2.45, 2.75) is 19.4 Å². The van der Waals surface area contributed by atoms with Gasteiger partial charge in [0, 0.05) is 12.0 Å². The Labute approximate surface area is 168 Å². The van der Waals surface area contributed by atoms with Crippen LogP contribution in [0, 0.1) is 3.95 Å². The molecule has 0 saturated heterocycles. The SMILES string of the molecule is CC(C(=O)O)n1c(O)c(Cc2ccc(-c3ccc(Cl)c(Cl)c3)o2)sc1=S. The molecule has 0 bridgehead atoms. The lowest BCUT2D eigenvalue weighted by Crippen LogP contribution is -2.15. The van der Waals surface area contributed by atoms with Crippen molar-refractivity contribution in [2.75, 3.05) is 0 Å². The monoisotopic (exact) mass is 429 g/mol. The Balaban J connectivity index is 1.88. The number of benzene rings is 1. The quantitative estimate of drug-likeness (QED) is 0.502. The Morgan fingerprint density at radius 2 is 2.04 bits per heavy atom. The molecule has 0 saturated carbocycles. The maximum Gasteiger partial charge on any atom is 0.326 e. The van der Waals surface area contributed by atoms with E-state index in [9.17, 15) is 9.90 Å². The van der Waals surface area contributed by atoms with Gasteiger partial charge in [-0.25, -0.2) is 4.79 Å². The molecule has 0 amide bonds. The summed E-state index contributed by atoms with van der Waals surface area (Å²) in [6.45, 7) is 1.46. The van der Waals surface area contributed by atoms with Crippen molar-refractivity contribution < 1.29 is 19.4 Å². The largest absolute Gasteiger partial charge is 0.494 e. The minimum absolute atomic E-state index is 0.151. The number of aromatic hydroxyl groups is 1. The van der Waals surface area contributed by atoms with Gasteiger partial charge in [0.25, 0.3) is 0 Å². The van der Waals surface area contributed by atoms with Crippen molar-refractivity contribution in [1.29, 1.82) is 0 Å². The summed E-state index contributed by atoms with van der Waals surface area (Å²) in [4.78, 5) is 11.7. The van der Waals surface area contributed by atoms with Crippen LogP contribution in [0.2, 0.25) is 10.0 Å². The van der Waals surface area contributed by atoms with Crippen LogP contribution < -0.4 is 0 Å². The molecule has 136 valence electrons. The fourth-order valence-corrected chi connectivity index (χ4v) is 4.23. The highest BCUT2D eigenvalue weighted by Gasteiger charge is 2.22. The fraction of sp³-hybridized carbons (Fsp3) is 0.176. The summed E-state index contributed by atoms with van der Waals surface area (Å²) in [6.07, 6.45) is 0.292. The minimum Gasteiger partial charge on any atom is -0.494 e. The molecule has 0 fully saturated rings. The van der Waals surface area contributed by atoms with Crippen molar-refractivity contribution in [3.8, 4) is 17.2 Å². The van der Waals surface area contributed by atoms with Crippen molar-refractivity contribution in [3.63, 3.8) is 0 Å². The third-order valence-electron chi connectivity index (χ3n) is 3.83. The van der Waals surface area contributed by atoms with E-state index in [1.165, 1.54) is 11.5 Å². The molecule has 1 atom stereocenters. The van der Waals surface area contributed by atoms with Gasteiger partial charge in [-0.3, -0.25) is 4.57 Å². The van der Waals surface area contributed by atoms with E-state index >= 15 is 0 Å². The van der Waals surface area contributed by atoms with E-state index in [-0.39, 0.29) is 5.88 Å². The molecular weight excluding hydrogens is 417 g/mol. The van der Waals surface area contributed by atoms with Crippen molar-refractivity contribution >= 4 is 52.7 Å². The first-order valence-electron chi connectivity index (χ1n) is 7.48. The Hall–Kier alpha value is -1.80. The highest BCUT2D eigenvalue weighted by molar-refractivity contribution is 7.73. The number of nitrogens with zero attached hydrogens (tertiary/aromatic N) is 1.